The van der Waals surface area contributed by atoms with Crippen molar-refractivity contribution in [3.63, 3.8) is 0 Å². The molecule has 0 saturated heterocycles. The van der Waals surface area contributed by atoms with Crippen molar-refractivity contribution < 1.29 is 9.21 Å². The van der Waals surface area contributed by atoms with Gasteiger partial charge in [-0.2, -0.15) is 0 Å². The molecule has 8 heteroatoms. The van der Waals surface area contributed by atoms with E-state index in [4.69, 9.17) is 4.42 Å². The number of H-pyrrole nitrogens is 1. The van der Waals surface area contributed by atoms with Gasteiger partial charge < -0.3 is 14.3 Å². The number of carbonyl (C=O) groups excluding carboxylic acids is 1. The Morgan fingerprint density at radius 1 is 1.26 bits per heavy atom. The molecule has 3 aromatic rings. The molecule has 8 nitrogen and oxygen atoms in total. The van der Waals surface area contributed by atoms with Gasteiger partial charge in [-0.25, -0.2) is 9.97 Å². The van der Waals surface area contributed by atoms with Gasteiger partial charge >= 0.3 is 0 Å². The molecule has 4 heterocycles. The molecule has 0 unspecified atom stereocenters. The zero-order chi connectivity index (χ0) is 18.4. The third-order valence-electron chi connectivity index (χ3n) is 5.06. The van der Waals surface area contributed by atoms with Gasteiger partial charge in [-0.3, -0.25) is 14.6 Å². The van der Waals surface area contributed by atoms with Crippen LogP contribution in [-0.4, -0.2) is 37.3 Å². The number of aromatic amines is 1. The molecule has 0 spiro atoms. The predicted molar refractivity (Wildman–Crippen MR) is 95.0 cm³/mol. The molecule has 136 valence electrons. The van der Waals surface area contributed by atoms with E-state index in [1.54, 1.807) is 29.4 Å². The van der Waals surface area contributed by atoms with Gasteiger partial charge in [0.05, 0.1) is 12.2 Å². The minimum Gasteiger partial charge on any atom is -0.447 e. The molecule has 27 heavy (non-hydrogen) atoms. The van der Waals surface area contributed by atoms with Gasteiger partial charge in [-0.05, 0) is 31.4 Å². The van der Waals surface area contributed by atoms with Gasteiger partial charge in [-0.1, -0.05) is 0 Å². The highest BCUT2D eigenvalue weighted by atomic mass is 16.3. The molecule has 0 aromatic carbocycles. The van der Waals surface area contributed by atoms with Crippen molar-refractivity contribution in [1.29, 1.82) is 0 Å². The summed E-state index contributed by atoms with van der Waals surface area (Å²) in [6, 6.07) is 3.57. The molecule has 0 atom stereocenters. The van der Waals surface area contributed by atoms with E-state index in [9.17, 15) is 9.59 Å². The quantitative estimate of drug-likeness (QED) is 0.762. The highest BCUT2D eigenvalue weighted by Gasteiger charge is 2.35. The van der Waals surface area contributed by atoms with Gasteiger partial charge in [0.2, 0.25) is 0 Å². The van der Waals surface area contributed by atoms with Crippen LogP contribution in [0.15, 0.2) is 40.1 Å². The first-order valence-electron chi connectivity index (χ1n) is 8.96. The summed E-state index contributed by atoms with van der Waals surface area (Å²) in [6.07, 6.45) is 7.16. The maximum absolute atomic E-state index is 12.9. The summed E-state index contributed by atoms with van der Waals surface area (Å²) in [4.78, 5) is 42.7. The Kier molecular flexibility index (Phi) is 3.63. The first kappa shape index (κ1) is 15.9. The Hall–Kier alpha value is -3.29. The third kappa shape index (κ3) is 2.83. The van der Waals surface area contributed by atoms with Crippen molar-refractivity contribution in [3.05, 3.63) is 64.0 Å². The van der Waals surface area contributed by atoms with Crippen molar-refractivity contribution in [3.8, 4) is 11.4 Å². The molecule has 1 aliphatic heterocycles. The van der Waals surface area contributed by atoms with E-state index in [2.05, 4.69) is 19.9 Å². The average Bonchev–Trinajstić information content (AvgIpc) is 3.44. The third-order valence-corrected chi connectivity index (χ3v) is 5.06. The van der Waals surface area contributed by atoms with Crippen LogP contribution in [0.4, 0.5) is 0 Å². The minimum absolute atomic E-state index is 0.154. The second-order valence-corrected chi connectivity index (χ2v) is 6.89. The molecule has 1 saturated carbocycles. The molecule has 0 bridgehead atoms. The molecule has 0 radical (unpaired) electrons. The van der Waals surface area contributed by atoms with E-state index in [0.717, 1.165) is 18.4 Å². The standard InChI is InChI=1S/C19H17N5O3/c25-18-13-5-8-24(19(26)15-16(11-1-2-11)27-10-21-15)9-14(13)22-17(23-18)12-3-6-20-7-4-12/h3-4,6-7,10-11H,1-2,5,8-9H2,(H,22,23,25). The maximum atomic E-state index is 12.9. The molecule has 1 aliphatic carbocycles. The van der Waals surface area contributed by atoms with E-state index in [1.165, 1.54) is 6.39 Å². The summed E-state index contributed by atoms with van der Waals surface area (Å²) in [5, 5.41) is 0. The van der Waals surface area contributed by atoms with Crippen LogP contribution < -0.4 is 5.56 Å². The monoisotopic (exact) mass is 363 g/mol. The average molecular weight is 363 g/mol. The molecule has 2 aliphatic rings. The van der Waals surface area contributed by atoms with Crippen LogP contribution in [0.3, 0.4) is 0 Å². The van der Waals surface area contributed by atoms with E-state index in [0.29, 0.717) is 47.4 Å². The van der Waals surface area contributed by atoms with Gasteiger partial charge in [-0.15, -0.1) is 0 Å². The number of carbonyl (C=O) groups is 1. The van der Waals surface area contributed by atoms with Crippen molar-refractivity contribution in [2.75, 3.05) is 6.54 Å². The van der Waals surface area contributed by atoms with E-state index >= 15 is 0 Å². The number of oxazole rings is 1. The van der Waals surface area contributed by atoms with Crippen LogP contribution in [-0.2, 0) is 13.0 Å². The van der Waals surface area contributed by atoms with Crippen molar-refractivity contribution in [1.82, 2.24) is 24.8 Å². The fourth-order valence-electron chi connectivity index (χ4n) is 3.46. The Morgan fingerprint density at radius 2 is 2.07 bits per heavy atom. The van der Waals surface area contributed by atoms with E-state index in [-0.39, 0.29) is 18.0 Å². The second kappa shape index (κ2) is 6.15. The Bertz CT molecular complexity index is 1070. The van der Waals surface area contributed by atoms with Crippen LogP contribution in [0.5, 0.6) is 0 Å². The lowest BCUT2D eigenvalue weighted by atomic mass is 10.1. The summed E-state index contributed by atoms with van der Waals surface area (Å²) < 4.78 is 5.43. The lowest BCUT2D eigenvalue weighted by Crippen LogP contribution is -2.39. The number of amides is 1. The normalized spacial score (nSPS) is 16.2. The lowest BCUT2D eigenvalue weighted by Gasteiger charge is -2.27. The van der Waals surface area contributed by atoms with Crippen LogP contribution in [0.25, 0.3) is 11.4 Å². The number of aromatic nitrogens is 4. The summed E-state index contributed by atoms with van der Waals surface area (Å²) in [6.45, 7) is 0.745. The fraction of sp³-hybridized carbons (Fsp3) is 0.316. The van der Waals surface area contributed by atoms with Crippen LogP contribution in [0, 0.1) is 0 Å². The lowest BCUT2D eigenvalue weighted by molar-refractivity contribution is 0.0723. The number of hydrogen-bond donors (Lipinski definition) is 1. The first-order chi connectivity index (χ1) is 13.2. The van der Waals surface area contributed by atoms with Crippen LogP contribution >= 0.6 is 0 Å². The Labute approximate surface area is 154 Å². The smallest absolute Gasteiger partial charge is 0.276 e. The number of hydrogen-bond acceptors (Lipinski definition) is 6. The summed E-state index contributed by atoms with van der Waals surface area (Å²) in [5.74, 6) is 1.31. The van der Waals surface area contributed by atoms with Gasteiger partial charge in [0.15, 0.2) is 12.1 Å². The molecule has 1 fully saturated rings. The highest BCUT2D eigenvalue weighted by molar-refractivity contribution is 5.93. The van der Waals surface area contributed by atoms with Gasteiger partial charge in [0, 0.05) is 36.0 Å². The molecule has 3 aromatic heterocycles. The Morgan fingerprint density at radius 3 is 2.85 bits per heavy atom. The SMILES string of the molecule is O=C(c1ncoc1C1CC1)N1CCc2c(nc(-c3ccncc3)[nH]c2=O)C1. The molecule has 1 amide bonds. The summed E-state index contributed by atoms with van der Waals surface area (Å²) in [7, 11) is 0. The number of pyridine rings is 1. The highest BCUT2D eigenvalue weighted by Crippen LogP contribution is 2.41. The van der Waals surface area contributed by atoms with Crippen LogP contribution in [0.1, 0.15) is 46.3 Å². The summed E-state index contributed by atoms with van der Waals surface area (Å²) >= 11 is 0. The number of nitrogens with one attached hydrogen (secondary N) is 1. The van der Waals surface area contributed by atoms with Crippen molar-refractivity contribution in [2.45, 2.75) is 31.7 Å². The topological polar surface area (TPSA) is 105 Å². The van der Waals surface area contributed by atoms with Crippen molar-refractivity contribution in [2.24, 2.45) is 0 Å². The van der Waals surface area contributed by atoms with E-state index < -0.39 is 0 Å². The van der Waals surface area contributed by atoms with Gasteiger partial charge in [0.1, 0.15) is 11.6 Å². The maximum Gasteiger partial charge on any atom is 0.276 e. The molecule has 5 rings (SSSR count). The second-order valence-electron chi connectivity index (χ2n) is 6.89. The molecular formula is C19H17N5O3. The van der Waals surface area contributed by atoms with Gasteiger partial charge in [0.25, 0.3) is 11.5 Å². The predicted octanol–water partition coefficient (Wildman–Crippen LogP) is 1.90. The minimum atomic E-state index is -0.163. The molecule has 1 N–H and O–H groups in total. The Balaban J connectivity index is 1.46. The number of fused-ring (bicyclic) bond motifs is 1. The van der Waals surface area contributed by atoms with E-state index in [1.807, 2.05) is 0 Å². The first-order valence-corrected chi connectivity index (χ1v) is 8.96. The zero-order valence-corrected chi connectivity index (χ0v) is 14.5. The largest absolute Gasteiger partial charge is 0.447 e. The van der Waals surface area contributed by atoms with Crippen LogP contribution in [0.2, 0.25) is 0 Å². The fourth-order valence-corrected chi connectivity index (χ4v) is 3.46. The molecular weight excluding hydrogens is 346 g/mol. The number of nitrogens with zero attached hydrogens (tertiary/aromatic N) is 4. The van der Waals surface area contributed by atoms with Crippen molar-refractivity contribution >= 4 is 5.91 Å². The zero-order valence-electron chi connectivity index (χ0n) is 14.5. The summed E-state index contributed by atoms with van der Waals surface area (Å²) in [5.41, 5.74) is 2.28. The number of rotatable bonds is 3.